The summed E-state index contributed by atoms with van der Waals surface area (Å²) in [4.78, 5) is 48.1. The zero-order valence-corrected chi connectivity index (χ0v) is 18.2. The fraction of sp³-hybridized carbons (Fsp3) is 0.143. The highest BCUT2D eigenvalue weighted by Gasteiger charge is 2.18. The molecule has 12 heteroatoms. The Morgan fingerprint density at radius 2 is 1.70 bits per heavy atom. The second-order valence-corrected chi connectivity index (χ2v) is 7.80. The van der Waals surface area contributed by atoms with Crippen molar-refractivity contribution in [1.29, 1.82) is 0 Å². The third-order valence-electron chi connectivity index (χ3n) is 4.09. The van der Waals surface area contributed by atoms with Crippen LogP contribution in [0.25, 0.3) is 10.1 Å². The lowest BCUT2D eigenvalue weighted by Gasteiger charge is -2.08. The zero-order chi connectivity index (χ0) is 24.0. The fourth-order valence-corrected chi connectivity index (χ4v) is 4.05. The van der Waals surface area contributed by atoms with E-state index in [1.165, 1.54) is 23.5 Å². The summed E-state index contributed by atoms with van der Waals surface area (Å²) >= 11 is 7.38. The Morgan fingerprint density at radius 3 is 2.36 bits per heavy atom. The van der Waals surface area contributed by atoms with Gasteiger partial charge in [0.1, 0.15) is 17.2 Å². The first kappa shape index (κ1) is 24.1. The molecule has 0 saturated carbocycles. The molecule has 0 bridgehead atoms. The molecule has 1 aromatic heterocycles. The summed E-state index contributed by atoms with van der Waals surface area (Å²) in [5.74, 6) is -3.37. The van der Waals surface area contributed by atoms with Gasteiger partial charge in [-0.15, -0.1) is 11.3 Å². The lowest BCUT2D eigenvalue weighted by atomic mass is 10.2. The van der Waals surface area contributed by atoms with Gasteiger partial charge in [-0.2, -0.15) is 8.78 Å². The van der Waals surface area contributed by atoms with Gasteiger partial charge in [0.05, 0.1) is 5.02 Å². The number of ether oxygens (including phenoxy) is 2. The average molecular weight is 497 g/mol. The Balaban J connectivity index is 1.43. The standard InChI is InChI=1S/C21H15ClF2N2O6S/c22-17-13-3-1-2-4-14(13)33-18(17)20(30)25-9-16(28)31-10-15(27)26-19(29)11-5-7-12(8-6-11)32-21(23)24/h1-8,21H,9-10H2,(H,25,30)(H,26,27,29). The van der Waals surface area contributed by atoms with Crippen LogP contribution in [0.15, 0.2) is 48.5 Å². The predicted octanol–water partition coefficient (Wildman–Crippen LogP) is 3.39. The Labute approximate surface area is 194 Å². The van der Waals surface area contributed by atoms with E-state index in [1.54, 1.807) is 18.2 Å². The number of alkyl halides is 2. The number of hydrogen-bond acceptors (Lipinski definition) is 7. The number of halogens is 3. The molecule has 1 heterocycles. The van der Waals surface area contributed by atoms with Crippen molar-refractivity contribution >= 4 is 56.7 Å². The van der Waals surface area contributed by atoms with Crippen molar-refractivity contribution in [3.05, 3.63) is 64.0 Å². The van der Waals surface area contributed by atoms with E-state index >= 15 is 0 Å². The number of imide groups is 1. The molecule has 0 atom stereocenters. The van der Waals surface area contributed by atoms with Gasteiger partial charge in [0, 0.05) is 15.6 Å². The second kappa shape index (κ2) is 10.8. The first-order valence-corrected chi connectivity index (χ1v) is 10.4. The van der Waals surface area contributed by atoms with Gasteiger partial charge in [0.25, 0.3) is 17.7 Å². The molecule has 0 saturated heterocycles. The third kappa shape index (κ3) is 6.46. The maximum absolute atomic E-state index is 12.3. The number of rotatable bonds is 8. The van der Waals surface area contributed by atoms with E-state index in [4.69, 9.17) is 16.3 Å². The van der Waals surface area contributed by atoms with E-state index in [-0.39, 0.29) is 21.2 Å². The molecule has 2 aromatic carbocycles. The van der Waals surface area contributed by atoms with E-state index in [1.807, 2.05) is 11.4 Å². The van der Waals surface area contributed by atoms with E-state index in [0.29, 0.717) is 0 Å². The molecule has 0 aliphatic rings. The average Bonchev–Trinajstić information content (AvgIpc) is 3.13. The van der Waals surface area contributed by atoms with Gasteiger partial charge in [-0.3, -0.25) is 24.5 Å². The first-order valence-electron chi connectivity index (χ1n) is 9.24. The van der Waals surface area contributed by atoms with Crippen molar-refractivity contribution in [1.82, 2.24) is 10.6 Å². The number of carbonyl (C=O) groups excluding carboxylic acids is 4. The van der Waals surface area contributed by atoms with Crippen LogP contribution in [-0.2, 0) is 14.3 Å². The van der Waals surface area contributed by atoms with E-state index in [2.05, 4.69) is 10.1 Å². The molecule has 0 aliphatic carbocycles. The summed E-state index contributed by atoms with van der Waals surface area (Å²) < 4.78 is 34.0. The number of thiophene rings is 1. The molecule has 8 nitrogen and oxygen atoms in total. The van der Waals surface area contributed by atoms with Gasteiger partial charge in [-0.05, 0) is 30.3 Å². The Bertz CT molecular complexity index is 1200. The molecule has 3 rings (SSSR count). The lowest BCUT2D eigenvalue weighted by Crippen LogP contribution is -2.36. The maximum atomic E-state index is 12.3. The summed E-state index contributed by atoms with van der Waals surface area (Å²) in [6, 6.07) is 11.8. The van der Waals surface area contributed by atoms with Gasteiger partial charge in [-0.1, -0.05) is 29.8 Å². The van der Waals surface area contributed by atoms with Crippen LogP contribution in [0.5, 0.6) is 5.75 Å². The van der Waals surface area contributed by atoms with E-state index in [9.17, 15) is 28.0 Å². The number of esters is 1. The van der Waals surface area contributed by atoms with Gasteiger partial charge >= 0.3 is 12.6 Å². The van der Waals surface area contributed by atoms with Crippen LogP contribution < -0.4 is 15.4 Å². The molecular formula is C21H15ClF2N2O6S. The summed E-state index contributed by atoms with van der Waals surface area (Å²) in [7, 11) is 0. The fourth-order valence-electron chi connectivity index (χ4n) is 2.61. The van der Waals surface area contributed by atoms with Crippen molar-refractivity contribution < 1.29 is 37.4 Å². The predicted molar refractivity (Wildman–Crippen MR) is 116 cm³/mol. The van der Waals surface area contributed by atoms with Crippen LogP contribution in [0.4, 0.5) is 8.78 Å². The molecule has 2 N–H and O–H groups in total. The summed E-state index contributed by atoms with van der Waals surface area (Å²) in [6.07, 6.45) is 0. The molecule has 0 radical (unpaired) electrons. The van der Waals surface area contributed by atoms with Crippen molar-refractivity contribution in [3.63, 3.8) is 0 Å². The van der Waals surface area contributed by atoms with Crippen molar-refractivity contribution in [3.8, 4) is 5.75 Å². The number of nitrogens with one attached hydrogen (secondary N) is 2. The Hall–Kier alpha value is -3.57. The summed E-state index contributed by atoms with van der Waals surface area (Å²) in [5, 5.41) is 5.32. The van der Waals surface area contributed by atoms with Gasteiger partial charge in [0.15, 0.2) is 6.61 Å². The van der Waals surface area contributed by atoms with Gasteiger partial charge < -0.3 is 14.8 Å². The Morgan fingerprint density at radius 1 is 1.00 bits per heavy atom. The van der Waals surface area contributed by atoms with E-state index in [0.717, 1.165) is 22.2 Å². The normalized spacial score (nSPS) is 10.7. The number of hydrogen-bond donors (Lipinski definition) is 2. The zero-order valence-electron chi connectivity index (χ0n) is 16.6. The Kier molecular flexibility index (Phi) is 7.91. The van der Waals surface area contributed by atoms with Gasteiger partial charge in [-0.25, -0.2) is 0 Å². The maximum Gasteiger partial charge on any atom is 0.387 e. The molecule has 0 unspecified atom stereocenters. The molecular weight excluding hydrogens is 482 g/mol. The largest absolute Gasteiger partial charge is 0.454 e. The van der Waals surface area contributed by atoms with Crippen LogP contribution in [0.2, 0.25) is 5.02 Å². The highest BCUT2D eigenvalue weighted by atomic mass is 35.5. The lowest BCUT2D eigenvalue weighted by molar-refractivity contribution is -0.147. The molecule has 0 fully saturated rings. The number of benzene rings is 2. The highest BCUT2D eigenvalue weighted by molar-refractivity contribution is 7.21. The van der Waals surface area contributed by atoms with Crippen LogP contribution in [0, 0.1) is 0 Å². The topological polar surface area (TPSA) is 111 Å². The quantitative estimate of drug-likeness (QED) is 0.462. The molecule has 0 aliphatic heterocycles. The van der Waals surface area contributed by atoms with Crippen LogP contribution >= 0.6 is 22.9 Å². The number of fused-ring (bicyclic) bond motifs is 1. The monoisotopic (exact) mass is 496 g/mol. The summed E-state index contributed by atoms with van der Waals surface area (Å²) in [6.45, 7) is -4.29. The smallest absolute Gasteiger partial charge is 0.387 e. The van der Waals surface area contributed by atoms with Crippen LogP contribution in [0.3, 0.4) is 0 Å². The van der Waals surface area contributed by atoms with Crippen LogP contribution in [0.1, 0.15) is 20.0 Å². The van der Waals surface area contributed by atoms with Crippen molar-refractivity contribution in [2.45, 2.75) is 6.61 Å². The number of carbonyl (C=O) groups is 4. The first-order chi connectivity index (χ1) is 15.7. The van der Waals surface area contributed by atoms with Crippen molar-refractivity contribution in [2.24, 2.45) is 0 Å². The summed E-state index contributed by atoms with van der Waals surface area (Å²) in [5.41, 5.74) is 0.00349. The minimum atomic E-state index is -3.01. The van der Waals surface area contributed by atoms with E-state index < -0.39 is 43.5 Å². The minimum Gasteiger partial charge on any atom is -0.454 e. The number of amides is 3. The minimum absolute atomic E-state index is 0.00349. The molecule has 3 amide bonds. The van der Waals surface area contributed by atoms with Gasteiger partial charge in [0.2, 0.25) is 0 Å². The highest BCUT2D eigenvalue weighted by Crippen LogP contribution is 2.34. The molecule has 0 spiro atoms. The van der Waals surface area contributed by atoms with Crippen molar-refractivity contribution in [2.75, 3.05) is 13.2 Å². The molecule has 33 heavy (non-hydrogen) atoms. The van der Waals surface area contributed by atoms with Crippen LogP contribution in [-0.4, -0.2) is 43.5 Å². The third-order valence-corrected chi connectivity index (χ3v) is 5.77. The molecule has 172 valence electrons. The molecule has 3 aromatic rings. The SMILES string of the molecule is O=C(COC(=O)CNC(=O)c1sc2ccccc2c1Cl)NC(=O)c1ccc(OC(F)F)cc1. The second-order valence-electron chi connectivity index (χ2n) is 6.36.